The summed E-state index contributed by atoms with van der Waals surface area (Å²) in [5.74, 6) is 1.68. The van der Waals surface area contributed by atoms with Gasteiger partial charge in [0, 0.05) is 12.6 Å². The molecule has 1 aromatic carbocycles. The van der Waals surface area contributed by atoms with E-state index in [1.54, 1.807) is 14.2 Å². The lowest BCUT2D eigenvalue weighted by atomic mass is 10.0. The van der Waals surface area contributed by atoms with Crippen molar-refractivity contribution in [2.45, 2.75) is 32.9 Å². The lowest BCUT2D eigenvalue weighted by Crippen LogP contribution is -2.33. The number of benzene rings is 1. The van der Waals surface area contributed by atoms with Crippen molar-refractivity contribution in [3.8, 4) is 11.5 Å². The zero-order valence-electron chi connectivity index (χ0n) is 12.6. The van der Waals surface area contributed by atoms with E-state index in [2.05, 4.69) is 19.2 Å². The number of ether oxygens (including phenoxy) is 2. The molecule has 0 fully saturated rings. The van der Waals surface area contributed by atoms with Crippen LogP contribution in [0.4, 0.5) is 0 Å². The van der Waals surface area contributed by atoms with E-state index in [-0.39, 0.29) is 12.6 Å². The first-order valence-electron chi connectivity index (χ1n) is 6.77. The largest absolute Gasteiger partial charge is 0.493 e. The van der Waals surface area contributed by atoms with Crippen LogP contribution >= 0.6 is 11.6 Å². The van der Waals surface area contributed by atoms with E-state index in [4.69, 9.17) is 21.1 Å². The van der Waals surface area contributed by atoms with E-state index in [9.17, 15) is 5.11 Å². The summed E-state index contributed by atoms with van der Waals surface area (Å²) in [6, 6.07) is 3.80. The van der Waals surface area contributed by atoms with Gasteiger partial charge in [0.05, 0.1) is 25.8 Å². The predicted octanol–water partition coefficient (Wildman–Crippen LogP) is 2.85. The molecular weight excluding hydrogens is 278 g/mol. The molecule has 2 N–H and O–H groups in total. The van der Waals surface area contributed by atoms with Crippen molar-refractivity contribution in [3.05, 3.63) is 22.7 Å². The first-order valence-corrected chi connectivity index (χ1v) is 7.14. The second kappa shape index (κ2) is 8.35. The van der Waals surface area contributed by atoms with Gasteiger partial charge in [0.15, 0.2) is 11.5 Å². The summed E-state index contributed by atoms with van der Waals surface area (Å²) in [6.07, 6.45) is 0.918. The maximum Gasteiger partial charge on any atom is 0.179 e. The number of halogens is 1. The summed E-state index contributed by atoms with van der Waals surface area (Å²) < 4.78 is 10.5. The molecule has 0 aliphatic carbocycles. The maximum absolute atomic E-state index is 9.36. The molecule has 114 valence electrons. The number of methoxy groups -OCH3 is 2. The standard InChI is InChI=1S/C15H24ClNO3/c1-10(2)7-12(9-18)17-8-11-5-6-13(19-3)15(20-4)14(11)16/h5-6,10,12,17-18H,7-9H2,1-4H3. The van der Waals surface area contributed by atoms with E-state index in [0.717, 1.165) is 12.0 Å². The van der Waals surface area contributed by atoms with E-state index in [1.807, 2.05) is 12.1 Å². The summed E-state index contributed by atoms with van der Waals surface area (Å²) in [5.41, 5.74) is 0.923. The fraction of sp³-hybridized carbons (Fsp3) is 0.600. The van der Waals surface area contributed by atoms with Crippen LogP contribution in [-0.4, -0.2) is 32.0 Å². The lowest BCUT2D eigenvalue weighted by Gasteiger charge is -2.19. The van der Waals surface area contributed by atoms with Crippen LogP contribution in [0.25, 0.3) is 0 Å². The summed E-state index contributed by atoms with van der Waals surface area (Å²) in [6.45, 7) is 4.96. The van der Waals surface area contributed by atoms with Crippen LogP contribution in [0.1, 0.15) is 25.8 Å². The summed E-state index contributed by atoms with van der Waals surface area (Å²) in [4.78, 5) is 0. The third kappa shape index (κ3) is 4.54. The van der Waals surface area contributed by atoms with Gasteiger partial charge in [-0.25, -0.2) is 0 Å². The second-order valence-electron chi connectivity index (χ2n) is 5.16. The highest BCUT2D eigenvalue weighted by atomic mass is 35.5. The zero-order chi connectivity index (χ0) is 15.1. The second-order valence-corrected chi connectivity index (χ2v) is 5.54. The smallest absolute Gasteiger partial charge is 0.179 e. The lowest BCUT2D eigenvalue weighted by molar-refractivity contribution is 0.223. The van der Waals surface area contributed by atoms with Gasteiger partial charge in [0.25, 0.3) is 0 Å². The first kappa shape index (κ1) is 17.1. The molecule has 1 unspecified atom stereocenters. The highest BCUT2D eigenvalue weighted by molar-refractivity contribution is 6.33. The minimum absolute atomic E-state index is 0.0687. The van der Waals surface area contributed by atoms with Gasteiger partial charge in [0.1, 0.15) is 0 Å². The van der Waals surface area contributed by atoms with E-state index in [0.29, 0.717) is 29.0 Å². The van der Waals surface area contributed by atoms with Gasteiger partial charge >= 0.3 is 0 Å². The van der Waals surface area contributed by atoms with Crippen molar-refractivity contribution in [2.75, 3.05) is 20.8 Å². The Hall–Kier alpha value is -0.970. The highest BCUT2D eigenvalue weighted by Crippen LogP contribution is 2.37. The number of aliphatic hydroxyl groups excluding tert-OH is 1. The molecule has 5 heteroatoms. The summed E-state index contributed by atoms with van der Waals surface area (Å²) in [7, 11) is 3.15. The Kier molecular flexibility index (Phi) is 7.13. The molecule has 0 amide bonds. The number of nitrogens with one attached hydrogen (secondary N) is 1. The van der Waals surface area contributed by atoms with E-state index >= 15 is 0 Å². The van der Waals surface area contributed by atoms with E-state index in [1.165, 1.54) is 0 Å². The highest BCUT2D eigenvalue weighted by Gasteiger charge is 2.15. The van der Waals surface area contributed by atoms with Crippen LogP contribution < -0.4 is 14.8 Å². The van der Waals surface area contributed by atoms with Gasteiger partial charge in [-0.1, -0.05) is 31.5 Å². The zero-order valence-corrected chi connectivity index (χ0v) is 13.3. The Balaban J connectivity index is 2.77. The molecule has 0 spiro atoms. The van der Waals surface area contributed by atoms with Crippen LogP contribution in [0.2, 0.25) is 5.02 Å². The summed E-state index contributed by atoms with van der Waals surface area (Å²) >= 11 is 6.32. The maximum atomic E-state index is 9.36. The Morgan fingerprint density at radius 3 is 2.45 bits per heavy atom. The molecule has 0 bridgehead atoms. The van der Waals surface area contributed by atoms with Crippen molar-refractivity contribution < 1.29 is 14.6 Å². The number of hydrogen-bond acceptors (Lipinski definition) is 4. The average Bonchev–Trinajstić information content (AvgIpc) is 2.43. The molecule has 1 rings (SSSR count). The molecule has 0 heterocycles. The van der Waals surface area contributed by atoms with Gasteiger partial charge in [-0.15, -0.1) is 0 Å². The summed E-state index contributed by atoms with van der Waals surface area (Å²) in [5, 5.41) is 13.2. The molecule has 4 nitrogen and oxygen atoms in total. The molecule has 20 heavy (non-hydrogen) atoms. The monoisotopic (exact) mass is 301 g/mol. The molecule has 0 aromatic heterocycles. The minimum Gasteiger partial charge on any atom is -0.493 e. The Bertz CT molecular complexity index is 424. The van der Waals surface area contributed by atoms with Crippen molar-refractivity contribution in [1.29, 1.82) is 0 Å². The van der Waals surface area contributed by atoms with Crippen molar-refractivity contribution in [3.63, 3.8) is 0 Å². The van der Waals surface area contributed by atoms with Crippen molar-refractivity contribution >= 4 is 11.6 Å². The SMILES string of the molecule is COc1ccc(CNC(CO)CC(C)C)c(Cl)c1OC. The third-order valence-electron chi connectivity index (χ3n) is 3.12. The van der Waals surface area contributed by atoms with Crippen LogP contribution in [0.5, 0.6) is 11.5 Å². The van der Waals surface area contributed by atoms with Gasteiger partial charge in [-0.3, -0.25) is 0 Å². The van der Waals surface area contributed by atoms with Crippen molar-refractivity contribution in [2.24, 2.45) is 5.92 Å². The molecule has 1 atom stereocenters. The third-order valence-corrected chi connectivity index (χ3v) is 3.54. The molecule has 0 aliphatic rings. The first-order chi connectivity index (χ1) is 9.53. The van der Waals surface area contributed by atoms with Gasteiger partial charge in [-0.05, 0) is 24.0 Å². The van der Waals surface area contributed by atoms with Crippen LogP contribution in [0, 0.1) is 5.92 Å². The molecule has 0 radical (unpaired) electrons. The fourth-order valence-corrected chi connectivity index (χ4v) is 2.41. The Morgan fingerprint density at radius 2 is 1.95 bits per heavy atom. The average molecular weight is 302 g/mol. The minimum atomic E-state index is 0.0687. The Morgan fingerprint density at radius 1 is 1.25 bits per heavy atom. The molecular formula is C15H24ClNO3. The fourth-order valence-electron chi connectivity index (χ4n) is 2.11. The predicted molar refractivity (Wildman–Crippen MR) is 81.7 cm³/mol. The number of rotatable bonds is 8. The van der Waals surface area contributed by atoms with Crippen LogP contribution in [0.15, 0.2) is 12.1 Å². The van der Waals surface area contributed by atoms with Crippen LogP contribution in [0.3, 0.4) is 0 Å². The Labute approximate surface area is 126 Å². The molecule has 0 aliphatic heterocycles. The molecule has 1 aromatic rings. The van der Waals surface area contributed by atoms with Gasteiger partial charge in [-0.2, -0.15) is 0 Å². The molecule has 0 saturated carbocycles. The quantitative estimate of drug-likeness (QED) is 0.775. The van der Waals surface area contributed by atoms with Crippen molar-refractivity contribution in [1.82, 2.24) is 5.32 Å². The van der Waals surface area contributed by atoms with Gasteiger partial charge in [0.2, 0.25) is 0 Å². The van der Waals surface area contributed by atoms with Gasteiger partial charge < -0.3 is 19.9 Å². The topological polar surface area (TPSA) is 50.7 Å². The number of aliphatic hydroxyl groups is 1. The molecule has 0 saturated heterocycles. The normalized spacial score (nSPS) is 12.6. The number of hydrogen-bond donors (Lipinski definition) is 2. The van der Waals surface area contributed by atoms with E-state index < -0.39 is 0 Å². The van der Waals surface area contributed by atoms with Crippen LogP contribution in [-0.2, 0) is 6.54 Å².